The van der Waals surface area contributed by atoms with Gasteiger partial charge < -0.3 is 9.53 Å². The van der Waals surface area contributed by atoms with Crippen molar-refractivity contribution in [3.63, 3.8) is 0 Å². The Balaban J connectivity index is 1.76. The first kappa shape index (κ1) is 23.6. The summed E-state index contributed by atoms with van der Waals surface area (Å²) >= 11 is 0. The van der Waals surface area contributed by atoms with E-state index < -0.39 is 14.4 Å². The van der Waals surface area contributed by atoms with Gasteiger partial charge in [0.15, 0.2) is 6.10 Å². The van der Waals surface area contributed by atoms with Crippen LogP contribution >= 0.6 is 0 Å². The Bertz CT molecular complexity index is 1060. The molecule has 3 heteroatoms. The zero-order valence-electron chi connectivity index (χ0n) is 19.0. The zero-order valence-corrected chi connectivity index (χ0v) is 20.0. The Morgan fingerprint density at radius 3 is 1.78 bits per heavy atom. The van der Waals surface area contributed by atoms with Gasteiger partial charge in [0.2, 0.25) is 0 Å². The second-order valence-electron chi connectivity index (χ2n) is 8.62. The summed E-state index contributed by atoms with van der Waals surface area (Å²) in [6, 6.07) is 30.7. The van der Waals surface area contributed by atoms with Crippen LogP contribution < -0.4 is 10.4 Å². The van der Waals surface area contributed by atoms with E-state index in [1.54, 1.807) is 0 Å². The monoisotopic (exact) mass is 438 g/mol. The fourth-order valence-electron chi connectivity index (χ4n) is 3.89. The maximum Gasteiger partial charge on any atom is 0.261 e. The lowest BCUT2D eigenvalue weighted by molar-refractivity contribution is 0.288. The summed E-state index contributed by atoms with van der Waals surface area (Å²) in [6.07, 6.45) is -0.433. The molecule has 1 N–H and O–H groups in total. The smallest absolute Gasteiger partial charge is 0.261 e. The predicted octanol–water partition coefficient (Wildman–Crippen LogP) is 4.37. The molecular weight excluding hydrogens is 408 g/mol. The third kappa shape index (κ3) is 5.78. The summed E-state index contributed by atoms with van der Waals surface area (Å²) in [7, 11) is -2.54. The van der Waals surface area contributed by atoms with Gasteiger partial charge in [-0.25, -0.2) is 0 Å². The second-order valence-corrected chi connectivity index (χ2v) is 12.9. The van der Waals surface area contributed by atoms with E-state index in [0.29, 0.717) is 13.0 Å². The largest absolute Gasteiger partial charge is 0.406 e. The van der Waals surface area contributed by atoms with E-state index in [2.05, 4.69) is 93.0 Å². The number of hydrogen-bond donors (Lipinski definition) is 1. The number of rotatable bonds is 5. The van der Waals surface area contributed by atoms with E-state index in [0.717, 1.165) is 5.56 Å². The highest BCUT2D eigenvalue weighted by Crippen LogP contribution is 2.36. The lowest BCUT2D eigenvalue weighted by atomic mass is 10.2. The van der Waals surface area contributed by atoms with Crippen LogP contribution in [0.1, 0.15) is 32.8 Å². The van der Waals surface area contributed by atoms with Crippen LogP contribution in [0.15, 0.2) is 91.0 Å². The molecule has 0 saturated heterocycles. The van der Waals surface area contributed by atoms with E-state index >= 15 is 0 Å². The molecule has 162 valence electrons. The first-order valence-electron chi connectivity index (χ1n) is 10.9. The minimum absolute atomic E-state index is 0.0657. The number of hydrogen-bond acceptors (Lipinski definition) is 2. The Hall–Kier alpha value is -3.08. The van der Waals surface area contributed by atoms with Crippen molar-refractivity contribution in [1.82, 2.24) is 0 Å². The average Bonchev–Trinajstić information content (AvgIpc) is 2.81. The van der Waals surface area contributed by atoms with E-state index in [1.165, 1.54) is 10.4 Å². The van der Waals surface area contributed by atoms with Gasteiger partial charge in [-0.3, -0.25) is 0 Å². The zero-order chi connectivity index (χ0) is 22.9. The van der Waals surface area contributed by atoms with Crippen molar-refractivity contribution in [1.29, 1.82) is 0 Å². The second kappa shape index (κ2) is 11.0. The average molecular weight is 439 g/mol. The first-order chi connectivity index (χ1) is 15.4. The maximum atomic E-state index is 10.1. The molecule has 0 amide bonds. The first-order valence-corrected chi connectivity index (χ1v) is 12.8. The van der Waals surface area contributed by atoms with Gasteiger partial charge in [0, 0.05) is 18.6 Å². The minimum atomic E-state index is -2.54. The predicted molar refractivity (Wildman–Crippen MR) is 135 cm³/mol. The highest BCUT2D eigenvalue weighted by molar-refractivity contribution is 6.99. The van der Waals surface area contributed by atoms with Crippen LogP contribution in [-0.2, 0) is 4.43 Å². The molecule has 0 heterocycles. The lowest BCUT2D eigenvalue weighted by Gasteiger charge is -2.43. The lowest BCUT2D eigenvalue weighted by Crippen LogP contribution is -2.66. The molecule has 0 aromatic heterocycles. The molecule has 0 bridgehead atoms. The van der Waals surface area contributed by atoms with Gasteiger partial charge in [-0.2, -0.15) is 0 Å². The molecule has 0 aliphatic heterocycles. The Morgan fingerprint density at radius 1 is 0.781 bits per heavy atom. The van der Waals surface area contributed by atoms with Crippen molar-refractivity contribution in [2.75, 3.05) is 6.61 Å². The molecular formula is C29H30O2Si. The molecule has 3 aromatic rings. The van der Waals surface area contributed by atoms with Gasteiger partial charge >= 0.3 is 0 Å². The molecule has 0 aliphatic rings. The summed E-state index contributed by atoms with van der Waals surface area (Å²) in [5.74, 6) is 11.6. The van der Waals surface area contributed by atoms with Crippen molar-refractivity contribution in [2.24, 2.45) is 0 Å². The van der Waals surface area contributed by atoms with Crippen LogP contribution in [0.4, 0.5) is 0 Å². The van der Waals surface area contributed by atoms with Gasteiger partial charge in [0.1, 0.15) is 0 Å². The Morgan fingerprint density at radius 2 is 1.28 bits per heavy atom. The molecule has 0 saturated carbocycles. The van der Waals surface area contributed by atoms with Gasteiger partial charge in [0.25, 0.3) is 8.32 Å². The quantitative estimate of drug-likeness (QED) is 0.364. The van der Waals surface area contributed by atoms with Crippen molar-refractivity contribution >= 4 is 18.7 Å². The van der Waals surface area contributed by atoms with Crippen LogP contribution in [0.2, 0.25) is 5.04 Å². The van der Waals surface area contributed by atoms with Gasteiger partial charge in [0.05, 0.1) is 0 Å². The molecule has 32 heavy (non-hydrogen) atoms. The molecule has 1 atom stereocenters. The summed E-state index contributed by atoms with van der Waals surface area (Å²) in [5.41, 5.74) is 0.864. The minimum Gasteiger partial charge on any atom is -0.406 e. The molecule has 2 nitrogen and oxygen atoms in total. The number of aliphatic hydroxyl groups excluding tert-OH is 1. The molecule has 3 rings (SSSR count). The highest BCUT2D eigenvalue weighted by atomic mass is 28.4. The third-order valence-electron chi connectivity index (χ3n) is 5.33. The maximum absolute atomic E-state index is 10.1. The van der Waals surface area contributed by atoms with Gasteiger partial charge in [-0.15, -0.1) is 0 Å². The summed E-state index contributed by atoms with van der Waals surface area (Å²) in [5, 5.41) is 12.5. The Kier molecular flexibility index (Phi) is 8.09. The fraction of sp³-hybridized carbons (Fsp3) is 0.241. The standard InChI is InChI=1S/C29H30O2Si/c1-29(2,3)32(27-18-9-5-10-19-27,28-20-11-6-12-21-28)31-24-14-13-17-26(30)23-22-25-15-7-4-8-16-25/h4-12,15-16,18-21,26,30H,14,24H2,1-3H3. The van der Waals surface area contributed by atoms with Gasteiger partial charge in [-0.05, 0) is 27.5 Å². The van der Waals surface area contributed by atoms with Crippen molar-refractivity contribution in [2.45, 2.75) is 38.3 Å². The summed E-state index contributed by atoms with van der Waals surface area (Å²) in [4.78, 5) is 0. The van der Waals surface area contributed by atoms with Crippen LogP contribution in [0.3, 0.4) is 0 Å². The van der Waals surface area contributed by atoms with E-state index in [4.69, 9.17) is 4.43 Å². The van der Waals surface area contributed by atoms with Crippen LogP contribution in [0, 0.1) is 23.7 Å². The molecule has 0 fully saturated rings. The van der Waals surface area contributed by atoms with Gasteiger partial charge in [-0.1, -0.05) is 123 Å². The summed E-state index contributed by atoms with van der Waals surface area (Å²) in [6.45, 7) is 7.27. The Labute approximate surface area is 193 Å². The van der Waals surface area contributed by atoms with Crippen LogP contribution in [0.25, 0.3) is 0 Å². The van der Waals surface area contributed by atoms with E-state index in [9.17, 15) is 5.11 Å². The van der Waals surface area contributed by atoms with Crippen LogP contribution in [0.5, 0.6) is 0 Å². The highest BCUT2D eigenvalue weighted by Gasteiger charge is 2.49. The van der Waals surface area contributed by atoms with E-state index in [-0.39, 0.29) is 5.04 Å². The third-order valence-corrected chi connectivity index (χ3v) is 10.4. The number of aliphatic hydroxyl groups is 1. The topological polar surface area (TPSA) is 29.5 Å². The van der Waals surface area contributed by atoms with Crippen LogP contribution in [-0.4, -0.2) is 26.1 Å². The normalized spacial score (nSPS) is 12.1. The number of benzene rings is 3. The molecule has 1 unspecified atom stereocenters. The molecule has 3 aromatic carbocycles. The molecule has 0 spiro atoms. The van der Waals surface area contributed by atoms with E-state index in [1.807, 2.05) is 42.5 Å². The summed E-state index contributed by atoms with van der Waals surface area (Å²) < 4.78 is 6.80. The molecule has 0 radical (unpaired) electrons. The van der Waals surface area contributed by atoms with Crippen molar-refractivity contribution < 1.29 is 9.53 Å². The SMILES string of the molecule is CC(C)(C)[Si](OCCC#CC(O)C#Cc1ccccc1)(c1ccccc1)c1ccccc1. The van der Waals surface area contributed by atoms with Crippen molar-refractivity contribution in [3.8, 4) is 23.7 Å². The van der Waals surface area contributed by atoms with Crippen molar-refractivity contribution in [3.05, 3.63) is 96.6 Å². The fourth-order valence-corrected chi connectivity index (χ4v) is 8.46. The molecule has 0 aliphatic carbocycles.